The number of fused-ring (bicyclic) bond motifs is 1. The molecule has 0 radical (unpaired) electrons. The Labute approximate surface area is 205 Å². The summed E-state index contributed by atoms with van der Waals surface area (Å²) in [5.74, 6) is 0.677. The number of hydrogen-bond acceptors (Lipinski definition) is 6. The van der Waals surface area contributed by atoms with Crippen LogP contribution in [0.3, 0.4) is 0 Å². The van der Waals surface area contributed by atoms with E-state index in [9.17, 15) is 14.7 Å². The van der Waals surface area contributed by atoms with Crippen molar-refractivity contribution in [3.05, 3.63) is 59.7 Å². The van der Waals surface area contributed by atoms with Crippen LogP contribution in [-0.4, -0.2) is 60.2 Å². The van der Waals surface area contributed by atoms with E-state index in [4.69, 9.17) is 9.72 Å². The van der Waals surface area contributed by atoms with E-state index in [1.807, 2.05) is 32.0 Å². The van der Waals surface area contributed by atoms with Crippen LogP contribution in [0.5, 0.6) is 5.75 Å². The second-order valence-electron chi connectivity index (χ2n) is 9.29. The number of carboxylic acid groups (broad SMARTS) is 1. The van der Waals surface area contributed by atoms with Crippen molar-refractivity contribution < 1.29 is 19.4 Å². The fraction of sp³-hybridized carbons (Fsp3) is 0.370. The van der Waals surface area contributed by atoms with Gasteiger partial charge in [0.25, 0.3) is 0 Å². The summed E-state index contributed by atoms with van der Waals surface area (Å²) >= 11 is 0. The normalized spacial score (nSPS) is 14.3. The maximum Gasteiger partial charge on any atom is 0.336 e. The number of ether oxygens (including phenoxy) is 1. The van der Waals surface area contributed by atoms with E-state index in [1.165, 1.54) is 0 Å². The molecule has 4 rings (SSSR count). The molecule has 1 aliphatic heterocycles. The van der Waals surface area contributed by atoms with Crippen LogP contribution in [0.1, 0.15) is 36.2 Å². The number of para-hydroxylation sites is 1. The lowest BCUT2D eigenvalue weighted by Crippen LogP contribution is -2.46. The molecule has 1 fully saturated rings. The summed E-state index contributed by atoms with van der Waals surface area (Å²) in [5, 5.41) is 13.3. The molecule has 0 unspecified atom stereocenters. The third kappa shape index (κ3) is 5.89. The zero-order chi connectivity index (χ0) is 24.9. The van der Waals surface area contributed by atoms with E-state index in [-0.39, 0.29) is 17.4 Å². The molecule has 1 amide bonds. The van der Waals surface area contributed by atoms with Crippen molar-refractivity contribution in [2.24, 2.45) is 5.92 Å². The molecule has 35 heavy (non-hydrogen) atoms. The lowest BCUT2D eigenvalue weighted by molar-refractivity contribution is -0.116. The molecule has 8 nitrogen and oxygen atoms in total. The molecule has 184 valence electrons. The van der Waals surface area contributed by atoms with E-state index in [2.05, 4.69) is 21.2 Å². The highest BCUT2D eigenvalue weighted by molar-refractivity contribution is 6.05. The Hall–Kier alpha value is -3.65. The minimum absolute atomic E-state index is 0.0909. The van der Waals surface area contributed by atoms with Crippen molar-refractivity contribution in [1.82, 2.24) is 9.88 Å². The van der Waals surface area contributed by atoms with Crippen LogP contribution < -0.4 is 15.0 Å². The number of amides is 1. The Balaban J connectivity index is 1.50. The van der Waals surface area contributed by atoms with Crippen LogP contribution in [0.4, 0.5) is 11.5 Å². The van der Waals surface area contributed by atoms with Gasteiger partial charge in [0, 0.05) is 55.8 Å². The topological polar surface area (TPSA) is 95.0 Å². The number of carbonyl (C=O) groups excluding carboxylic acids is 1. The molecule has 0 bridgehead atoms. The van der Waals surface area contributed by atoms with Crippen LogP contribution in [0.15, 0.2) is 48.5 Å². The number of methoxy groups -OCH3 is 1. The van der Waals surface area contributed by atoms with Gasteiger partial charge in [0.05, 0.1) is 18.2 Å². The van der Waals surface area contributed by atoms with Gasteiger partial charge in [0.1, 0.15) is 11.6 Å². The minimum Gasteiger partial charge on any atom is -0.496 e. The summed E-state index contributed by atoms with van der Waals surface area (Å²) in [6, 6.07) is 14.9. The monoisotopic (exact) mass is 476 g/mol. The Morgan fingerprint density at radius 3 is 2.51 bits per heavy atom. The van der Waals surface area contributed by atoms with Crippen LogP contribution in [0.25, 0.3) is 10.9 Å². The molecule has 1 aliphatic rings. The average molecular weight is 477 g/mol. The van der Waals surface area contributed by atoms with Gasteiger partial charge >= 0.3 is 5.97 Å². The van der Waals surface area contributed by atoms with E-state index >= 15 is 0 Å². The number of nitrogens with one attached hydrogen (secondary N) is 1. The molecule has 2 N–H and O–H groups in total. The largest absolute Gasteiger partial charge is 0.496 e. The van der Waals surface area contributed by atoms with Gasteiger partial charge in [-0.05, 0) is 36.2 Å². The highest BCUT2D eigenvalue weighted by Crippen LogP contribution is 2.27. The van der Waals surface area contributed by atoms with Gasteiger partial charge < -0.3 is 20.1 Å². The molecule has 8 heteroatoms. The van der Waals surface area contributed by atoms with Crippen molar-refractivity contribution in [3.8, 4) is 5.75 Å². The van der Waals surface area contributed by atoms with E-state index in [1.54, 1.807) is 31.4 Å². The summed E-state index contributed by atoms with van der Waals surface area (Å²) in [7, 11) is 1.69. The van der Waals surface area contributed by atoms with Gasteiger partial charge in [0.15, 0.2) is 0 Å². The number of aromatic carboxylic acids is 1. The first-order valence-corrected chi connectivity index (χ1v) is 11.9. The molecule has 0 spiro atoms. The van der Waals surface area contributed by atoms with Crippen molar-refractivity contribution >= 4 is 34.3 Å². The fourth-order valence-electron chi connectivity index (χ4n) is 4.42. The van der Waals surface area contributed by atoms with Gasteiger partial charge in [-0.15, -0.1) is 0 Å². The number of aromatic nitrogens is 1. The number of pyridine rings is 1. The van der Waals surface area contributed by atoms with Crippen LogP contribution >= 0.6 is 0 Å². The molecular formula is C27H32N4O4. The number of hydrogen-bond donors (Lipinski definition) is 2. The molecule has 2 aromatic carbocycles. The summed E-state index contributed by atoms with van der Waals surface area (Å²) in [5.41, 5.74) is 2.50. The summed E-state index contributed by atoms with van der Waals surface area (Å²) in [4.78, 5) is 33.5. The van der Waals surface area contributed by atoms with Crippen molar-refractivity contribution in [1.29, 1.82) is 0 Å². The van der Waals surface area contributed by atoms with Crippen LogP contribution in [0.2, 0.25) is 0 Å². The summed E-state index contributed by atoms with van der Waals surface area (Å²) in [6.07, 6.45) is 0.407. The maximum absolute atomic E-state index is 12.2. The molecule has 0 aliphatic carbocycles. The average Bonchev–Trinajstić information content (AvgIpc) is 2.83. The second-order valence-corrected chi connectivity index (χ2v) is 9.29. The second kappa shape index (κ2) is 10.7. The van der Waals surface area contributed by atoms with Gasteiger partial charge in [-0.2, -0.15) is 0 Å². The van der Waals surface area contributed by atoms with Gasteiger partial charge in [0.2, 0.25) is 5.91 Å². The van der Waals surface area contributed by atoms with Gasteiger partial charge in [-0.3, -0.25) is 9.69 Å². The summed E-state index contributed by atoms with van der Waals surface area (Å²) in [6.45, 7) is 7.92. The zero-order valence-corrected chi connectivity index (χ0v) is 20.5. The molecule has 2 heterocycles. The van der Waals surface area contributed by atoms with Crippen molar-refractivity contribution in [2.45, 2.75) is 26.8 Å². The number of benzene rings is 2. The molecule has 0 saturated carbocycles. The van der Waals surface area contributed by atoms with Crippen LogP contribution in [0, 0.1) is 5.92 Å². The van der Waals surface area contributed by atoms with E-state index in [0.29, 0.717) is 28.8 Å². The molecule has 3 aromatic rings. The Morgan fingerprint density at radius 2 is 1.83 bits per heavy atom. The molecular weight excluding hydrogens is 444 g/mol. The number of carbonyl (C=O) groups is 2. The van der Waals surface area contributed by atoms with Crippen molar-refractivity contribution in [2.75, 3.05) is 43.5 Å². The van der Waals surface area contributed by atoms with E-state index in [0.717, 1.165) is 44.0 Å². The number of piperazine rings is 1. The molecule has 0 atom stereocenters. The predicted molar refractivity (Wildman–Crippen MR) is 137 cm³/mol. The van der Waals surface area contributed by atoms with Gasteiger partial charge in [-0.25, -0.2) is 9.78 Å². The predicted octanol–water partition coefficient (Wildman–Crippen LogP) is 4.25. The van der Waals surface area contributed by atoms with Gasteiger partial charge in [-0.1, -0.05) is 32.0 Å². The van der Waals surface area contributed by atoms with E-state index < -0.39 is 5.97 Å². The number of nitrogens with zero attached hydrogens (tertiary/aromatic N) is 3. The number of carboxylic acids is 1. The van der Waals surface area contributed by atoms with Crippen molar-refractivity contribution in [3.63, 3.8) is 0 Å². The Bertz CT molecular complexity index is 1220. The standard InChI is InChI=1S/C27H32N4O4/c1-18(2)14-26(32)28-20-8-9-23-21(15-20)22(27(33)34)16-25(29-23)31-12-10-30(11-13-31)17-19-6-4-5-7-24(19)35-3/h4-9,15-16,18H,10-14,17H2,1-3H3,(H,28,32)(H,33,34). The fourth-order valence-corrected chi connectivity index (χ4v) is 4.42. The molecule has 1 aromatic heterocycles. The number of anilines is 2. The maximum atomic E-state index is 12.2. The smallest absolute Gasteiger partial charge is 0.336 e. The highest BCUT2D eigenvalue weighted by Gasteiger charge is 2.22. The lowest BCUT2D eigenvalue weighted by Gasteiger charge is -2.35. The minimum atomic E-state index is -1.01. The lowest BCUT2D eigenvalue weighted by atomic mass is 10.1. The Kier molecular flexibility index (Phi) is 7.51. The Morgan fingerprint density at radius 1 is 1.09 bits per heavy atom. The molecule has 1 saturated heterocycles. The first kappa shape index (κ1) is 24.5. The summed E-state index contributed by atoms with van der Waals surface area (Å²) < 4.78 is 5.47. The highest BCUT2D eigenvalue weighted by atomic mass is 16.5. The first-order valence-electron chi connectivity index (χ1n) is 11.9. The van der Waals surface area contributed by atoms with Crippen LogP contribution in [-0.2, 0) is 11.3 Å². The first-order chi connectivity index (χ1) is 16.8. The third-order valence-electron chi connectivity index (χ3n) is 6.19. The zero-order valence-electron chi connectivity index (χ0n) is 20.5. The SMILES string of the molecule is COc1ccccc1CN1CCN(c2cc(C(=O)O)c3cc(NC(=O)CC(C)C)ccc3n2)CC1. The quantitative estimate of drug-likeness (QED) is 0.502. The number of rotatable bonds is 8. The third-order valence-corrected chi connectivity index (χ3v) is 6.19.